The van der Waals surface area contributed by atoms with Gasteiger partial charge in [-0.1, -0.05) is 61.9 Å². The fraction of sp³-hybridized carbons (Fsp3) is 0.464. The van der Waals surface area contributed by atoms with Gasteiger partial charge in [-0.2, -0.15) is 17.5 Å². The lowest BCUT2D eigenvalue weighted by Gasteiger charge is -2.29. The monoisotopic (exact) mass is 599 g/mol. The number of aryl methyl sites for hydroxylation is 1. The molecule has 0 radical (unpaired) electrons. The highest BCUT2D eigenvalue weighted by molar-refractivity contribution is 7.89. The number of benzene rings is 2. The van der Waals surface area contributed by atoms with Crippen LogP contribution in [0.5, 0.6) is 0 Å². The molecule has 41 heavy (non-hydrogen) atoms. The number of aliphatic carboxylic acids is 1. The van der Waals surface area contributed by atoms with Crippen molar-refractivity contribution in [2.45, 2.75) is 69.6 Å². The Kier molecular flexibility index (Phi) is 12.3. The number of rotatable bonds is 15. The highest BCUT2D eigenvalue weighted by atomic mass is 32.2. The van der Waals surface area contributed by atoms with Crippen LogP contribution in [0.15, 0.2) is 59.5 Å². The Balaban J connectivity index is 2.06. The van der Waals surface area contributed by atoms with Crippen LogP contribution in [0.25, 0.3) is 0 Å². The molecule has 0 heterocycles. The number of carboxylic acids is 1. The first kappa shape index (κ1) is 33.8. The Morgan fingerprint density at radius 3 is 2.12 bits per heavy atom. The molecule has 13 heteroatoms. The smallest absolute Gasteiger partial charge is 0.471 e. The van der Waals surface area contributed by atoms with Crippen molar-refractivity contribution in [2.75, 3.05) is 13.1 Å². The van der Waals surface area contributed by atoms with E-state index in [0.717, 1.165) is 9.87 Å². The van der Waals surface area contributed by atoms with Gasteiger partial charge in [-0.15, -0.1) is 0 Å². The van der Waals surface area contributed by atoms with Crippen LogP contribution in [0.2, 0.25) is 0 Å². The number of unbranched alkanes of at least 4 members (excludes halogenated alkanes) is 1. The first-order valence-corrected chi connectivity index (χ1v) is 14.6. The Hall–Kier alpha value is -3.45. The van der Waals surface area contributed by atoms with E-state index in [4.69, 9.17) is 0 Å². The van der Waals surface area contributed by atoms with Gasteiger partial charge in [-0.05, 0) is 49.8 Å². The molecule has 0 bridgehead atoms. The SMILES string of the molecule is Cc1ccc(S(=O)(=O)N(CC(C)C)[C@@H](CCCCNC(=O)[C@H](Cc2ccccc2)NC(=O)C(F)(F)F)C(=O)O)cc1. The minimum atomic E-state index is -5.16. The zero-order valence-corrected chi connectivity index (χ0v) is 24.0. The van der Waals surface area contributed by atoms with Gasteiger partial charge < -0.3 is 15.7 Å². The summed E-state index contributed by atoms with van der Waals surface area (Å²) in [5.74, 6) is -4.55. The molecule has 0 aliphatic rings. The molecular weight excluding hydrogens is 563 g/mol. The lowest BCUT2D eigenvalue weighted by molar-refractivity contribution is -0.174. The fourth-order valence-corrected chi connectivity index (χ4v) is 5.86. The fourth-order valence-electron chi connectivity index (χ4n) is 4.09. The topological polar surface area (TPSA) is 133 Å². The van der Waals surface area contributed by atoms with Crippen molar-refractivity contribution < 1.29 is 41.1 Å². The molecule has 2 aromatic carbocycles. The predicted octanol–water partition coefficient (Wildman–Crippen LogP) is 3.67. The lowest BCUT2D eigenvalue weighted by atomic mass is 10.0. The van der Waals surface area contributed by atoms with E-state index < -0.39 is 46.1 Å². The molecule has 0 fully saturated rings. The zero-order chi connectivity index (χ0) is 30.8. The number of sulfonamides is 1. The molecule has 0 spiro atoms. The van der Waals surface area contributed by atoms with Gasteiger partial charge in [-0.25, -0.2) is 8.42 Å². The summed E-state index contributed by atoms with van der Waals surface area (Å²) >= 11 is 0. The summed E-state index contributed by atoms with van der Waals surface area (Å²) in [6.45, 7) is 5.30. The molecule has 226 valence electrons. The maximum absolute atomic E-state index is 13.4. The summed E-state index contributed by atoms with van der Waals surface area (Å²) in [5.41, 5.74) is 1.39. The number of halogens is 3. The van der Waals surface area contributed by atoms with Crippen LogP contribution in [-0.4, -0.2) is 67.0 Å². The summed E-state index contributed by atoms with van der Waals surface area (Å²) in [4.78, 5) is 36.3. The quantitative estimate of drug-likeness (QED) is 0.268. The number of hydrogen-bond donors (Lipinski definition) is 3. The second kappa shape index (κ2) is 15.0. The van der Waals surface area contributed by atoms with E-state index in [9.17, 15) is 41.1 Å². The molecule has 0 aromatic heterocycles. The Bertz CT molecular complexity index is 1270. The van der Waals surface area contributed by atoms with Crippen molar-refractivity contribution >= 4 is 27.8 Å². The molecule has 0 unspecified atom stereocenters. The van der Waals surface area contributed by atoms with Crippen molar-refractivity contribution in [2.24, 2.45) is 5.92 Å². The molecule has 2 rings (SSSR count). The standard InChI is InChI=1S/C28H36F3N3O6S/c1-19(2)18-34(41(39,40)22-14-12-20(3)13-15-22)24(26(36)37)11-7-8-16-32-25(35)23(33-27(38)28(29,30)31)17-21-9-5-4-6-10-21/h4-6,9-10,12-15,19,23-24H,7-8,11,16-18H2,1-3H3,(H,32,35)(H,33,38)(H,36,37)/t23-,24-/m0/s1. The third-order valence-corrected chi connectivity index (χ3v) is 8.06. The number of carbonyl (C=O) groups is 3. The van der Waals surface area contributed by atoms with Gasteiger partial charge in [-0.3, -0.25) is 14.4 Å². The third kappa shape index (κ3) is 10.5. The first-order chi connectivity index (χ1) is 19.1. The molecule has 9 nitrogen and oxygen atoms in total. The second-order valence-electron chi connectivity index (χ2n) is 10.1. The van der Waals surface area contributed by atoms with Crippen LogP contribution in [0, 0.1) is 12.8 Å². The van der Waals surface area contributed by atoms with Gasteiger partial charge in [0.2, 0.25) is 15.9 Å². The molecular formula is C28H36F3N3O6S. The number of carbonyl (C=O) groups excluding carboxylic acids is 2. The van der Waals surface area contributed by atoms with Gasteiger partial charge in [0.05, 0.1) is 4.90 Å². The predicted molar refractivity (Wildman–Crippen MR) is 146 cm³/mol. The number of hydrogen-bond acceptors (Lipinski definition) is 5. The van der Waals surface area contributed by atoms with E-state index in [1.807, 2.05) is 0 Å². The van der Waals surface area contributed by atoms with E-state index in [1.54, 1.807) is 68.6 Å². The summed E-state index contributed by atoms with van der Waals surface area (Å²) in [7, 11) is -4.13. The van der Waals surface area contributed by atoms with E-state index in [-0.39, 0.29) is 49.6 Å². The highest BCUT2D eigenvalue weighted by Gasteiger charge is 2.41. The molecule has 0 aliphatic heterocycles. The van der Waals surface area contributed by atoms with Crippen molar-refractivity contribution in [3.63, 3.8) is 0 Å². The molecule has 2 amide bonds. The highest BCUT2D eigenvalue weighted by Crippen LogP contribution is 2.23. The lowest BCUT2D eigenvalue weighted by Crippen LogP contribution is -2.51. The molecule has 0 aliphatic carbocycles. The van der Waals surface area contributed by atoms with Crippen LogP contribution in [0.3, 0.4) is 0 Å². The Morgan fingerprint density at radius 2 is 1.59 bits per heavy atom. The van der Waals surface area contributed by atoms with Gasteiger partial charge in [0.1, 0.15) is 12.1 Å². The first-order valence-electron chi connectivity index (χ1n) is 13.1. The average molecular weight is 600 g/mol. The number of alkyl halides is 3. The maximum atomic E-state index is 13.4. The van der Waals surface area contributed by atoms with E-state index in [1.165, 1.54) is 12.1 Å². The molecule has 0 saturated carbocycles. The minimum Gasteiger partial charge on any atom is -0.480 e. The Labute approximate surface area is 238 Å². The second-order valence-corrected chi connectivity index (χ2v) is 12.0. The van der Waals surface area contributed by atoms with Crippen LogP contribution < -0.4 is 10.6 Å². The third-order valence-electron chi connectivity index (χ3n) is 6.17. The molecule has 2 aromatic rings. The number of nitrogens with one attached hydrogen (secondary N) is 2. The van der Waals surface area contributed by atoms with Crippen molar-refractivity contribution in [3.8, 4) is 0 Å². The van der Waals surface area contributed by atoms with Crippen LogP contribution >= 0.6 is 0 Å². The molecule has 0 saturated heterocycles. The van der Waals surface area contributed by atoms with Crippen LogP contribution in [0.4, 0.5) is 13.2 Å². The molecule has 2 atom stereocenters. The number of amides is 2. The van der Waals surface area contributed by atoms with Gasteiger partial charge in [0.15, 0.2) is 0 Å². The van der Waals surface area contributed by atoms with E-state index in [2.05, 4.69) is 5.32 Å². The van der Waals surface area contributed by atoms with Crippen molar-refractivity contribution in [1.82, 2.24) is 14.9 Å². The number of carboxylic acid groups (broad SMARTS) is 1. The minimum absolute atomic E-state index is 0.0206. The van der Waals surface area contributed by atoms with Gasteiger partial charge in [0.25, 0.3) is 0 Å². The molecule has 3 N–H and O–H groups in total. The Morgan fingerprint density at radius 1 is 0.976 bits per heavy atom. The van der Waals surface area contributed by atoms with E-state index in [0.29, 0.717) is 5.56 Å². The summed E-state index contributed by atoms with van der Waals surface area (Å²) in [5, 5.41) is 14.1. The average Bonchev–Trinajstić information content (AvgIpc) is 2.89. The van der Waals surface area contributed by atoms with Gasteiger partial charge >= 0.3 is 18.1 Å². The zero-order valence-electron chi connectivity index (χ0n) is 23.1. The van der Waals surface area contributed by atoms with Crippen LogP contribution in [-0.2, 0) is 30.8 Å². The van der Waals surface area contributed by atoms with Crippen molar-refractivity contribution in [1.29, 1.82) is 0 Å². The van der Waals surface area contributed by atoms with Crippen molar-refractivity contribution in [3.05, 3.63) is 65.7 Å². The maximum Gasteiger partial charge on any atom is 0.471 e. The largest absolute Gasteiger partial charge is 0.480 e. The van der Waals surface area contributed by atoms with Gasteiger partial charge in [0, 0.05) is 19.5 Å². The summed E-state index contributed by atoms with van der Waals surface area (Å²) in [6, 6.07) is 11.5. The summed E-state index contributed by atoms with van der Waals surface area (Å²) in [6.07, 6.45) is -4.96. The van der Waals surface area contributed by atoms with E-state index >= 15 is 0 Å². The normalized spacial score (nSPS) is 13.6. The summed E-state index contributed by atoms with van der Waals surface area (Å²) < 4.78 is 66.2. The number of nitrogens with zero attached hydrogens (tertiary/aromatic N) is 1. The van der Waals surface area contributed by atoms with Crippen LogP contribution in [0.1, 0.15) is 44.2 Å².